The number of hydrogen-bond acceptors (Lipinski definition) is 10. The third-order valence-corrected chi connectivity index (χ3v) is 4.81. The number of benzene rings is 2. The van der Waals surface area contributed by atoms with Gasteiger partial charge in [0.25, 0.3) is 5.91 Å². The van der Waals surface area contributed by atoms with Gasteiger partial charge in [-0.15, -0.1) is 11.3 Å². The molecule has 32 heavy (non-hydrogen) atoms. The highest BCUT2D eigenvalue weighted by Crippen LogP contribution is 2.28. The van der Waals surface area contributed by atoms with Crippen LogP contribution in [0.1, 0.15) is 15.9 Å². The number of carbonyl (C=O) groups excluding carboxylic acids is 2. The first kappa shape index (κ1) is 22.6. The molecule has 1 amide bonds. The number of methoxy groups -OCH3 is 2. The molecule has 0 saturated heterocycles. The molecule has 0 unspecified atom stereocenters. The second kappa shape index (κ2) is 10.8. The number of hydrogen-bond donors (Lipinski definition) is 3. The molecule has 3 rings (SSSR count). The van der Waals surface area contributed by atoms with E-state index >= 15 is 0 Å². The van der Waals surface area contributed by atoms with Gasteiger partial charge < -0.3 is 25.3 Å². The smallest absolute Gasteiger partial charge is 0.339 e. The molecule has 0 radical (unpaired) electrons. The summed E-state index contributed by atoms with van der Waals surface area (Å²) in [5.74, 6) is 0.236. The zero-order chi connectivity index (χ0) is 22.9. The van der Waals surface area contributed by atoms with E-state index in [-0.39, 0.29) is 12.2 Å². The number of ether oxygens (including phenoxy) is 3. The summed E-state index contributed by atoms with van der Waals surface area (Å²) in [5.41, 5.74) is 9.67. The lowest BCUT2D eigenvalue weighted by molar-refractivity contribution is -0.118. The van der Waals surface area contributed by atoms with Crippen LogP contribution in [0.2, 0.25) is 0 Å². The normalized spacial score (nSPS) is 10.6. The van der Waals surface area contributed by atoms with E-state index in [1.165, 1.54) is 25.6 Å². The summed E-state index contributed by atoms with van der Waals surface area (Å²) in [6, 6.07) is 11.7. The number of nitrogens with zero attached hydrogens (tertiary/aromatic N) is 2. The van der Waals surface area contributed by atoms with E-state index in [0.29, 0.717) is 28.1 Å². The second-order valence-electron chi connectivity index (χ2n) is 6.23. The number of nitrogens with two attached hydrogens (primary N) is 1. The van der Waals surface area contributed by atoms with Gasteiger partial charge in [-0.25, -0.2) is 9.78 Å². The molecule has 0 fully saturated rings. The van der Waals surface area contributed by atoms with Crippen molar-refractivity contribution in [1.29, 1.82) is 0 Å². The van der Waals surface area contributed by atoms with Gasteiger partial charge in [0.05, 0.1) is 31.7 Å². The van der Waals surface area contributed by atoms with Gasteiger partial charge in [0, 0.05) is 5.38 Å². The minimum Gasteiger partial charge on any atom is -0.493 e. The lowest BCUT2D eigenvalue weighted by Crippen LogP contribution is -2.22. The molecule has 0 saturated carbocycles. The van der Waals surface area contributed by atoms with Crippen LogP contribution >= 0.6 is 11.3 Å². The molecule has 4 N–H and O–H groups in total. The van der Waals surface area contributed by atoms with Crippen molar-refractivity contribution in [2.75, 3.05) is 37.3 Å². The van der Waals surface area contributed by atoms with Crippen molar-refractivity contribution in [3.05, 3.63) is 59.0 Å². The van der Waals surface area contributed by atoms with Gasteiger partial charge in [-0.3, -0.25) is 10.2 Å². The fourth-order valence-electron chi connectivity index (χ4n) is 2.59. The molecule has 1 heterocycles. The third kappa shape index (κ3) is 5.95. The number of para-hydroxylation sites is 1. The van der Waals surface area contributed by atoms with Gasteiger partial charge in [-0.1, -0.05) is 12.1 Å². The molecule has 0 aliphatic rings. The highest BCUT2D eigenvalue weighted by atomic mass is 32.1. The molecule has 0 atom stereocenters. The van der Waals surface area contributed by atoms with Gasteiger partial charge in [0.1, 0.15) is 5.82 Å². The topological polar surface area (TPSA) is 137 Å². The summed E-state index contributed by atoms with van der Waals surface area (Å²) in [6.07, 6.45) is 1.58. The number of thiazole rings is 1. The predicted molar refractivity (Wildman–Crippen MR) is 123 cm³/mol. The Bertz CT molecular complexity index is 1130. The number of nitrogen functional groups attached to an aromatic ring is 1. The van der Waals surface area contributed by atoms with Gasteiger partial charge in [-0.05, 0) is 35.9 Å². The van der Waals surface area contributed by atoms with Crippen LogP contribution in [-0.2, 0) is 9.53 Å². The van der Waals surface area contributed by atoms with E-state index in [0.717, 1.165) is 5.56 Å². The Kier molecular flexibility index (Phi) is 7.60. The van der Waals surface area contributed by atoms with E-state index in [9.17, 15) is 9.59 Å². The van der Waals surface area contributed by atoms with Crippen molar-refractivity contribution in [3.8, 4) is 11.5 Å². The van der Waals surface area contributed by atoms with Crippen molar-refractivity contribution in [3.63, 3.8) is 0 Å². The summed E-state index contributed by atoms with van der Waals surface area (Å²) in [7, 11) is 2.77. The van der Waals surface area contributed by atoms with Crippen LogP contribution in [0.5, 0.6) is 11.5 Å². The van der Waals surface area contributed by atoms with E-state index < -0.39 is 11.9 Å². The Balaban J connectivity index is 1.60. The molecular formula is C21H21N5O5S. The van der Waals surface area contributed by atoms with Crippen molar-refractivity contribution >= 4 is 46.1 Å². The Labute approximate surface area is 188 Å². The second-order valence-corrected chi connectivity index (χ2v) is 7.09. The van der Waals surface area contributed by atoms with E-state index in [1.54, 1.807) is 54.1 Å². The van der Waals surface area contributed by atoms with Crippen LogP contribution in [-0.4, -0.2) is 43.9 Å². The van der Waals surface area contributed by atoms with Gasteiger partial charge in [-0.2, -0.15) is 5.10 Å². The summed E-state index contributed by atoms with van der Waals surface area (Å²) in [6.45, 7) is -0.285. The average molecular weight is 455 g/mol. The molecule has 1 aromatic heterocycles. The van der Waals surface area contributed by atoms with Crippen molar-refractivity contribution < 1.29 is 23.8 Å². The first-order valence-electron chi connectivity index (χ1n) is 9.28. The zero-order valence-corrected chi connectivity index (χ0v) is 18.1. The molecule has 166 valence electrons. The Morgan fingerprint density at radius 2 is 2.00 bits per heavy atom. The summed E-state index contributed by atoms with van der Waals surface area (Å²) < 4.78 is 15.6. The number of esters is 1. The molecule has 0 spiro atoms. The number of anilines is 3. The van der Waals surface area contributed by atoms with Crippen molar-refractivity contribution in [1.82, 2.24) is 4.98 Å². The standard InChI is InChI=1S/C21H21N5O5S/c1-29-17-9-13(10-23-26-21-25-18(22)12-32-21)7-8-16(17)31-11-19(27)24-15-6-4-3-5-14(15)20(28)30-2/h3-10,12H,11,22H2,1-2H3,(H,24,27)(H,25,26). The zero-order valence-electron chi connectivity index (χ0n) is 17.3. The molecule has 3 aromatic rings. The highest BCUT2D eigenvalue weighted by molar-refractivity contribution is 7.14. The van der Waals surface area contributed by atoms with Crippen LogP contribution < -0.4 is 25.9 Å². The number of carbonyl (C=O) groups is 2. The maximum atomic E-state index is 12.3. The first-order chi connectivity index (χ1) is 15.5. The molecule has 11 heteroatoms. The van der Waals surface area contributed by atoms with E-state index in [1.807, 2.05) is 0 Å². The number of hydrazone groups is 1. The third-order valence-electron chi connectivity index (χ3n) is 4.05. The fraction of sp³-hybridized carbons (Fsp3) is 0.143. The Hall–Kier alpha value is -4.12. The van der Waals surface area contributed by atoms with Crippen LogP contribution in [0.25, 0.3) is 0 Å². The van der Waals surface area contributed by atoms with Gasteiger partial charge >= 0.3 is 5.97 Å². The highest BCUT2D eigenvalue weighted by Gasteiger charge is 2.14. The molecule has 0 bridgehead atoms. The maximum Gasteiger partial charge on any atom is 0.339 e. The molecular weight excluding hydrogens is 434 g/mol. The first-order valence-corrected chi connectivity index (χ1v) is 10.2. The largest absolute Gasteiger partial charge is 0.493 e. The lowest BCUT2D eigenvalue weighted by Gasteiger charge is -2.12. The molecule has 0 aliphatic heterocycles. The summed E-state index contributed by atoms with van der Waals surface area (Å²) >= 11 is 1.34. The Morgan fingerprint density at radius 3 is 2.72 bits per heavy atom. The van der Waals surface area contributed by atoms with Crippen LogP contribution in [0.3, 0.4) is 0 Å². The van der Waals surface area contributed by atoms with E-state index in [2.05, 4.69) is 20.8 Å². The summed E-state index contributed by atoms with van der Waals surface area (Å²) in [5, 5.41) is 9.02. The number of rotatable bonds is 9. The molecule has 2 aromatic carbocycles. The average Bonchev–Trinajstić information content (AvgIpc) is 3.22. The van der Waals surface area contributed by atoms with Crippen molar-refractivity contribution in [2.24, 2.45) is 5.10 Å². The SMILES string of the molecule is COC(=O)c1ccccc1NC(=O)COc1ccc(C=NNc2nc(N)cs2)cc1OC. The van der Waals surface area contributed by atoms with Gasteiger partial charge in [0.2, 0.25) is 5.13 Å². The monoisotopic (exact) mass is 455 g/mol. The van der Waals surface area contributed by atoms with E-state index in [4.69, 9.17) is 19.9 Å². The van der Waals surface area contributed by atoms with Crippen LogP contribution in [0, 0.1) is 0 Å². The Morgan fingerprint density at radius 1 is 1.19 bits per heavy atom. The van der Waals surface area contributed by atoms with Gasteiger partial charge in [0.15, 0.2) is 18.1 Å². The molecule has 0 aliphatic carbocycles. The van der Waals surface area contributed by atoms with Crippen molar-refractivity contribution in [2.45, 2.75) is 0 Å². The number of amides is 1. The van der Waals surface area contributed by atoms with Crippen LogP contribution in [0.15, 0.2) is 52.9 Å². The minimum atomic E-state index is -0.548. The quantitative estimate of drug-likeness (QED) is 0.254. The number of aromatic nitrogens is 1. The lowest BCUT2D eigenvalue weighted by atomic mass is 10.2. The van der Waals surface area contributed by atoms with Crippen LogP contribution in [0.4, 0.5) is 16.6 Å². The maximum absolute atomic E-state index is 12.3. The number of nitrogens with one attached hydrogen (secondary N) is 2. The minimum absolute atomic E-state index is 0.249. The molecule has 10 nitrogen and oxygen atoms in total. The predicted octanol–water partition coefficient (Wildman–Crippen LogP) is 2.98. The fourth-order valence-corrected chi connectivity index (χ4v) is 3.14. The summed E-state index contributed by atoms with van der Waals surface area (Å²) in [4.78, 5) is 28.2.